The molecule has 12 nitrogen and oxygen atoms in total. The zero-order valence-corrected chi connectivity index (χ0v) is 28.1. The molecule has 1 heterocycles. The van der Waals surface area contributed by atoms with Gasteiger partial charge >= 0.3 is 24.1 Å². The molecule has 12 heteroatoms. The van der Waals surface area contributed by atoms with Gasteiger partial charge in [0.1, 0.15) is 11.2 Å². The van der Waals surface area contributed by atoms with Gasteiger partial charge in [-0.3, -0.25) is 19.4 Å². The minimum atomic E-state index is -0.628. The van der Waals surface area contributed by atoms with E-state index in [0.717, 1.165) is 25.7 Å². The summed E-state index contributed by atoms with van der Waals surface area (Å²) in [5.41, 5.74) is -1.21. The van der Waals surface area contributed by atoms with Crippen molar-refractivity contribution in [2.45, 2.75) is 98.7 Å². The molecule has 2 amide bonds. The summed E-state index contributed by atoms with van der Waals surface area (Å²) < 4.78 is 22.1. The highest BCUT2D eigenvalue weighted by atomic mass is 16.6. The number of esters is 2. The molecule has 1 fully saturated rings. The van der Waals surface area contributed by atoms with E-state index in [1.54, 1.807) is 9.80 Å². The lowest BCUT2D eigenvalue weighted by Gasteiger charge is -2.34. The molecule has 0 aromatic heterocycles. The maximum absolute atomic E-state index is 13.0. The fraction of sp³-hybridized carbons (Fsp3) is 0.871. The second kappa shape index (κ2) is 19.6. The second-order valence-electron chi connectivity index (χ2n) is 13.0. The van der Waals surface area contributed by atoms with E-state index in [-0.39, 0.29) is 24.9 Å². The molecule has 1 saturated heterocycles. The van der Waals surface area contributed by atoms with Crippen LogP contribution >= 0.6 is 0 Å². The van der Waals surface area contributed by atoms with Crippen molar-refractivity contribution in [3.05, 3.63) is 0 Å². The molecule has 0 unspecified atom stereocenters. The van der Waals surface area contributed by atoms with Crippen LogP contribution in [0.5, 0.6) is 0 Å². The summed E-state index contributed by atoms with van der Waals surface area (Å²) in [6.45, 7) is 19.2. The number of hydrogen-bond acceptors (Lipinski definition) is 10. The highest BCUT2D eigenvalue weighted by Crippen LogP contribution is 2.11. The molecule has 1 rings (SSSR count). The molecule has 250 valence electrons. The summed E-state index contributed by atoms with van der Waals surface area (Å²) in [6.07, 6.45) is 2.74. The maximum atomic E-state index is 13.0. The van der Waals surface area contributed by atoms with Crippen LogP contribution in [0.3, 0.4) is 0 Å². The van der Waals surface area contributed by atoms with Crippen LogP contribution in [0.4, 0.5) is 9.59 Å². The van der Waals surface area contributed by atoms with Crippen LogP contribution in [-0.2, 0) is 28.5 Å². The fourth-order valence-electron chi connectivity index (χ4n) is 4.23. The maximum Gasteiger partial charge on any atom is 0.409 e. The third kappa shape index (κ3) is 18.6. The lowest BCUT2D eigenvalue weighted by molar-refractivity contribution is -0.157. The molecule has 0 aromatic carbocycles. The highest BCUT2D eigenvalue weighted by Gasteiger charge is 2.26. The number of carbonyl (C=O) groups is 4. The van der Waals surface area contributed by atoms with Crippen molar-refractivity contribution in [2.75, 3.05) is 78.7 Å². The van der Waals surface area contributed by atoms with E-state index < -0.39 is 23.4 Å². The number of unbranched alkanes of at least 4 members (excludes halogenated alkanes) is 2. The Morgan fingerprint density at radius 3 is 1.37 bits per heavy atom. The van der Waals surface area contributed by atoms with Gasteiger partial charge in [-0.05, 0) is 54.4 Å². The average Bonchev–Trinajstić information content (AvgIpc) is 2.87. The summed E-state index contributed by atoms with van der Waals surface area (Å²) in [6, 6.07) is 0. The second-order valence-corrected chi connectivity index (χ2v) is 13.0. The van der Waals surface area contributed by atoms with Crippen molar-refractivity contribution in [3.63, 3.8) is 0 Å². The average molecular weight is 615 g/mol. The third-order valence-corrected chi connectivity index (χ3v) is 6.53. The molecule has 1 aliphatic rings. The summed E-state index contributed by atoms with van der Waals surface area (Å²) >= 11 is 0. The Bertz CT molecular complexity index is 818. The van der Waals surface area contributed by atoms with Crippen LogP contribution in [0.1, 0.15) is 87.5 Å². The summed E-state index contributed by atoms with van der Waals surface area (Å²) in [5, 5.41) is 0. The molecule has 0 bridgehead atoms. The standard InChI is InChI=1S/C31H58N4O8/c1-9-11-23-40-28(38)34-19-15-32(14-13-26(36)42-30(3,4)5)16-20-35(29(39)41-24-12-10-2)22-18-33(17-21-34)25-27(37)43-31(6,7)8/h9-25H2,1-8H3. The first-order valence-electron chi connectivity index (χ1n) is 15.8. The van der Waals surface area contributed by atoms with Crippen molar-refractivity contribution in [1.29, 1.82) is 0 Å². The number of nitrogens with zero attached hydrogens (tertiary/aromatic N) is 4. The number of rotatable bonds is 11. The monoisotopic (exact) mass is 614 g/mol. The van der Waals surface area contributed by atoms with E-state index in [9.17, 15) is 19.2 Å². The zero-order valence-electron chi connectivity index (χ0n) is 28.1. The fourth-order valence-corrected chi connectivity index (χ4v) is 4.23. The van der Waals surface area contributed by atoms with E-state index >= 15 is 0 Å². The minimum Gasteiger partial charge on any atom is -0.460 e. The molecule has 0 N–H and O–H groups in total. The predicted molar refractivity (Wildman–Crippen MR) is 165 cm³/mol. The quantitative estimate of drug-likeness (QED) is 0.191. The molecule has 0 saturated carbocycles. The Balaban J connectivity index is 3.14. The largest absolute Gasteiger partial charge is 0.460 e. The topological polar surface area (TPSA) is 118 Å². The van der Waals surface area contributed by atoms with Gasteiger partial charge in [0.15, 0.2) is 0 Å². The Hall–Kier alpha value is -2.60. The van der Waals surface area contributed by atoms with E-state index in [0.29, 0.717) is 72.1 Å². The highest BCUT2D eigenvalue weighted by molar-refractivity contribution is 5.72. The van der Waals surface area contributed by atoms with Crippen molar-refractivity contribution < 1.29 is 38.1 Å². The van der Waals surface area contributed by atoms with Crippen LogP contribution in [0.15, 0.2) is 0 Å². The number of hydrogen-bond donors (Lipinski definition) is 0. The summed E-state index contributed by atoms with van der Waals surface area (Å²) in [7, 11) is 0. The van der Waals surface area contributed by atoms with E-state index in [1.165, 1.54) is 0 Å². The molecule has 0 aromatic rings. The van der Waals surface area contributed by atoms with Crippen molar-refractivity contribution in [1.82, 2.24) is 19.6 Å². The normalized spacial score (nSPS) is 16.6. The van der Waals surface area contributed by atoms with Crippen LogP contribution in [0, 0.1) is 0 Å². The number of amides is 2. The van der Waals surface area contributed by atoms with Gasteiger partial charge in [0, 0.05) is 58.9 Å². The SMILES string of the molecule is CCCCOC(=O)N1CCN(CCC(=O)OC(C)(C)C)CCN(C(=O)OCCCC)CCN(CC(=O)OC(C)(C)C)CC1. The zero-order chi connectivity index (χ0) is 32.5. The van der Waals surface area contributed by atoms with Gasteiger partial charge in [0.25, 0.3) is 0 Å². The Labute approximate surface area is 259 Å². The van der Waals surface area contributed by atoms with Gasteiger partial charge in [-0.15, -0.1) is 0 Å². The van der Waals surface area contributed by atoms with E-state index in [4.69, 9.17) is 18.9 Å². The molecular weight excluding hydrogens is 556 g/mol. The van der Waals surface area contributed by atoms with Gasteiger partial charge in [0.2, 0.25) is 0 Å². The van der Waals surface area contributed by atoms with Gasteiger partial charge < -0.3 is 28.7 Å². The lowest BCUT2D eigenvalue weighted by Crippen LogP contribution is -2.50. The Morgan fingerprint density at radius 1 is 0.581 bits per heavy atom. The van der Waals surface area contributed by atoms with E-state index in [2.05, 4.69) is 4.90 Å². The van der Waals surface area contributed by atoms with Gasteiger partial charge in [-0.25, -0.2) is 9.59 Å². The Kier molecular flexibility index (Phi) is 17.5. The molecular formula is C31H58N4O8. The summed E-state index contributed by atoms with van der Waals surface area (Å²) in [5.74, 6) is -0.676. The van der Waals surface area contributed by atoms with Gasteiger partial charge in [0.05, 0.1) is 26.2 Å². The first-order valence-corrected chi connectivity index (χ1v) is 15.8. The third-order valence-electron chi connectivity index (χ3n) is 6.53. The van der Waals surface area contributed by atoms with Crippen LogP contribution < -0.4 is 0 Å². The first-order chi connectivity index (χ1) is 20.1. The molecule has 0 atom stereocenters. The number of carbonyl (C=O) groups excluding carboxylic acids is 4. The molecule has 0 aliphatic carbocycles. The Morgan fingerprint density at radius 2 is 0.977 bits per heavy atom. The number of ether oxygens (including phenoxy) is 4. The van der Waals surface area contributed by atoms with Crippen LogP contribution in [-0.4, -0.2) is 134 Å². The lowest BCUT2D eigenvalue weighted by atomic mass is 10.2. The van der Waals surface area contributed by atoms with Crippen molar-refractivity contribution in [2.24, 2.45) is 0 Å². The molecule has 43 heavy (non-hydrogen) atoms. The first kappa shape index (κ1) is 38.4. The molecule has 1 aliphatic heterocycles. The van der Waals surface area contributed by atoms with Gasteiger partial charge in [-0.1, -0.05) is 26.7 Å². The van der Waals surface area contributed by atoms with Gasteiger partial charge in [-0.2, -0.15) is 0 Å². The molecule has 0 radical (unpaired) electrons. The smallest absolute Gasteiger partial charge is 0.409 e. The summed E-state index contributed by atoms with van der Waals surface area (Å²) in [4.78, 5) is 58.5. The van der Waals surface area contributed by atoms with E-state index in [1.807, 2.05) is 60.3 Å². The molecule has 0 spiro atoms. The minimum absolute atomic E-state index is 0.0245. The van der Waals surface area contributed by atoms with Crippen molar-refractivity contribution in [3.8, 4) is 0 Å². The predicted octanol–water partition coefficient (Wildman–Crippen LogP) is 4.15. The van der Waals surface area contributed by atoms with Crippen molar-refractivity contribution >= 4 is 24.1 Å². The van der Waals surface area contributed by atoms with Crippen LogP contribution in [0.25, 0.3) is 0 Å². The van der Waals surface area contributed by atoms with Crippen LogP contribution in [0.2, 0.25) is 0 Å².